The minimum Gasteiger partial charge on any atom is -0.383 e. The monoisotopic (exact) mass is 363 g/mol. The SMILES string of the molecule is COCCN1CC=c2[nH]n(CCOC)c(=O)c2=C1c1ccc(Cl)cc1. The zero-order valence-corrected chi connectivity index (χ0v) is 15.2. The lowest BCUT2D eigenvalue weighted by Gasteiger charge is -2.27. The number of fused-ring (bicyclic) bond motifs is 1. The number of methoxy groups -OCH3 is 2. The summed E-state index contributed by atoms with van der Waals surface area (Å²) in [5.41, 5.74) is 1.82. The second-order valence-electron chi connectivity index (χ2n) is 5.85. The van der Waals surface area contributed by atoms with Crippen LogP contribution in [0.1, 0.15) is 5.56 Å². The van der Waals surface area contributed by atoms with E-state index in [0.717, 1.165) is 16.6 Å². The highest BCUT2D eigenvalue weighted by Crippen LogP contribution is 2.19. The molecule has 0 saturated carbocycles. The Bertz CT molecular complexity index is 899. The first-order valence-corrected chi connectivity index (χ1v) is 8.55. The van der Waals surface area contributed by atoms with E-state index >= 15 is 0 Å². The normalized spacial score (nSPS) is 13.7. The van der Waals surface area contributed by atoms with Gasteiger partial charge in [0.1, 0.15) is 0 Å². The molecule has 0 saturated heterocycles. The lowest BCUT2D eigenvalue weighted by Crippen LogP contribution is -2.46. The molecule has 0 fully saturated rings. The third-order valence-corrected chi connectivity index (χ3v) is 4.51. The smallest absolute Gasteiger partial charge is 0.276 e. The number of hydrogen-bond acceptors (Lipinski definition) is 4. The van der Waals surface area contributed by atoms with Crippen LogP contribution in [0.5, 0.6) is 0 Å². The molecule has 1 aliphatic heterocycles. The first kappa shape index (κ1) is 17.8. The minimum atomic E-state index is -0.0460. The fourth-order valence-electron chi connectivity index (χ4n) is 3.01. The van der Waals surface area contributed by atoms with Gasteiger partial charge in [-0.15, -0.1) is 0 Å². The van der Waals surface area contributed by atoms with E-state index in [1.807, 2.05) is 30.3 Å². The molecule has 0 unspecified atom stereocenters. The van der Waals surface area contributed by atoms with Crippen LogP contribution in [0.3, 0.4) is 0 Å². The maximum absolute atomic E-state index is 12.9. The minimum absolute atomic E-state index is 0.0460. The molecule has 0 radical (unpaired) electrons. The Balaban J connectivity index is 2.19. The van der Waals surface area contributed by atoms with Crippen molar-refractivity contribution in [3.63, 3.8) is 0 Å². The van der Waals surface area contributed by atoms with Crippen LogP contribution >= 0.6 is 11.6 Å². The highest BCUT2D eigenvalue weighted by atomic mass is 35.5. The molecule has 6 nitrogen and oxygen atoms in total. The molecule has 1 aromatic carbocycles. The molecule has 1 aliphatic rings. The fourth-order valence-corrected chi connectivity index (χ4v) is 3.13. The lowest BCUT2D eigenvalue weighted by atomic mass is 10.1. The molecular weight excluding hydrogens is 342 g/mol. The van der Waals surface area contributed by atoms with Crippen molar-refractivity contribution in [2.24, 2.45) is 0 Å². The topological polar surface area (TPSA) is 59.5 Å². The number of aromatic amines is 1. The summed E-state index contributed by atoms with van der Waals surface area (Å²) in [6.07, 6.45) is 2.04. The van der Waals surface area contributed by atoms with Gasteiger partial charge in [0.2, 0.25) is 0 Å². The average Bonchev–Trinajstić information content (AvgIpc) is 2.94. The van der Waals surface area contributed by atoms with Crippen molar-refractivity contribution in [3.8, 4) is 0 Å². The van der Waals surface area contributed by atoms with E-state index in [9.17, 15) is 4.79 Å². The van der Waals surface area contributed by atoms with Crippen molar-refractivity contribution in [3.05, 3.63) is 55.8 Å². The van der Waals surface area contributed by atoms with Gasteiger partial charge in [0.05, 0.1) is 36.0 Å². The van der Waals surface area contributed by atoms with Crippen LogP contribution in [0.2, 0.25) is 5.02 Å². The summed E-state index contributed by atoms with van der Waals surface area (Å²) < 4.78 is 11.9. The molecule has 0 amide bonds. The summed E-state index contributed by atoms with van der Waals surface area (Å²) in [6.45, 7) is 2.96. The highest BCUT2D eigenvalue weighted by Gasteiger charge is 2.19. The predicted molar refractivity (Wildman–Crippen MR) is 98.1 cm³/mol. The van der Waals surface area contributed by atoms with Gasteiger partial charge in [0, 0.05) is 32.3 Å². The van der Waals surface area contributed by atoms with Gasteiger partial charge < -0.3 is 14.4 Å². The number of hydrogen-bond donors (Lipinski definition) is 1. The van der Waals surface area contributed by atoms with E-state index in [1.165, 1.54) is 0 Å². The van der Waals surface area contributed by atoms with Crippen molar-refractivity contribution in [2.75, 3.05) is 40.5 Å². The van der Waals surface area contributed by atoms with E-state index < -0.39 is 0 Å². The maximum Gasteiger partial charge on any atom is 0.276 e. The van der Waals surface area contributed by atoms with Gasteiger partial charge in [-0.25, -0.2) is 4.68 Å². The van der Waals surface area contributed by atoms with Gasteiger partial charge in [0.15, 0.2) is 0 Å². The molecule has 0 atom stereocenters. The lowest BCUT2D eigenvalue weighted by molar-refractivity contribution is 0.177. The molecule has 2 aromatic rings. The molecule has 2 heterocycles. The predicted octanol–water partition coefficient (Wildman–Crippen LogP) is 0.375. The van der Waals surface area contributed by atoms with E-state index in [-0.39, 0.29) is 5.56 Å². The third-order valence-electron chi connectivity index (χ3n) is 4.25. The van der Waals surface area contributed by atoms with Gasteiger partial charge >= 0.3 is 0 Å². The summed E-state index contributed by atoms with van der Waals surface area (Å²) in [5.74, 6) is 0. The van der Waals surface area contributed by atoms with Gasteiger partial charge in [-0.1, -0.05) is 23.7 Å². The number of aromatic nitrogens is 2. The Morgan fingerprint density at radius 1 is 1.12 bits per heavy atom. The summed E-state index contributed by atoms with van der Waals surface area (Å²) >= 11 is 6.03. The quantitative estimate of drug-likeness (QED) is 0.772. The third kappa shape index (κ3) is 3.66. The summed E-state index contributed by atoms with van der Waals surface area (Å²) in [7, 11) is 3.30. The molecule has 3 rings (SSSR count). The first-order chi connectivity index (χ1) is 12.2. The molecule has 0 spiro atoms. The van der Waals surface area contributed by atoms with Crippen molar-refractivity contribution in [1.29, 1.82) is 0 Å². The Labute approximate surface area is 150 Å². The van der Waals surface area contributed by atoms with E-state index in [2.05, 4.69) is 10.00 Å². The molecule has 7 heteroatoms. The molecule has 1 N–H and O–H groups in total. The molecular formula is C18H22ClN3O3. The van der Waals surface area contributed by atoms with E-state index in [4.69, 9.17) is 21.1 Å². The summed E-state index contributed by atoms with van der Waals surface area (Å²) in [4.78, 5) is 15.1. The molecule has 134 valence electrons. The van der Waals surface area contributed by atoms with E-state index in [0.29, 0.717) is 43.1 Å². The number of nitrogens with one attached hydrogen (secondary N) is 1. The number of benzene rings is 1. The van der Waals surface area contributed by atoms with Crippen LogP contribution in [-0.2, 0) is 16.0 Å². The molecule has 25 heavy (non-hydrogen) atoms. The van der Waals surface area contributed by atoms with Crippen molar-refractivity contribution in [2.45, 2.75) is 6.54 Å². The Morgan fingerprint density at radius 2 is 1.80 bits per heavy atom. The second kappa shape index (κ2) is 7.91. The van der Waals surface area contributed by atoms with Crippen LogP contribution in [0.15, 0.2) is 29.1 Å². The fraction of sp³-hybridized carbons (Fsp3) is 0.389. The number of halogens is 1. The maximum atomic E-state index is 12.9. The average molecular weight is 364 g/mol. The van der Waals surface area contributed by atoms with Gasteiger partial charge in [-0.2, -0.15) is 0 Å². The standard InChI is InChI=1S/C18H22ClN3O3/c1-24-11-9-21-8-7-15-16(18(23)22(20-15)10-12-25-2)17(21)13-3-5-14(19)6-4-13/h3-7,20H,8-12H2,1-2H3. The van der Waals surface area contributed by atoms with Crippen molar-refractivity contribution < 1.29 is 9.47 Å². The van der Waals surface area contributed by atoms with Crippen LogP contribution in [0.4, 0.5) is 0 Å². The molecule has 1 aromatic heterocycles. The van der Waals surface area contributed by atoms with E-state index in [1.54, 1.807) is 18.9 Å². The number of nitrogens with zero attached hydrogens (tertiary/aromatic N) is 2. The Hall–Kier alpha value is -2.02. The largest absolute Gasteiger partial charge is 0.383 e. The first-order valence-electron chi connectivity index (χ1n) is 8.17. The molecule has 0 bridgehead atoms. The van der Waals surface area contributed by atoms with Gasteiger partial charge in [0.25, 0.3) is 5.56 Å². The van der Waals surface area contributed by atoms with Crippen molar-refractivity contribution >= 4 is 23.4 Å². The van der Waals surface area contributed by atoms with Crippen LogP contribution < -0.4 is 16.1 Å². The van der Waals surface area contributed by atoms with Crippen LogP contribution in [-0.4, -0.2) is 55.2 Å². The Kier molecular flexibility index (Phi) is 5.63. The Morgan fingerprint density at radius 3 is 2.48 bits per heavy atom. The van der Waals surface area contributed by atoms with Crippen LogP contribution in [0, 0.1) is 0 Å². The summed E-state index contributed by atoms with van der Waals surface area (Å²) in [5, 5.41) is 5.39. The second-order valence-corrected chi connectivity index (χ2v) is 6.28. The molecule has 0 aliphatic carbocycles. The highest BCUT2D eigenvalue weighted by molar-refractivity contribution is 6.30. The van der Waals surface area contributed by atoms with Crippen molar-refractivity contribution in [1.82, 2.24) is 14.7 Å². The summed E-state index contributed by atoms with van der Waals surface area (Å²) in [6, 6.07) is 7.57. The number of rotatable bonds is 7. The zero-order chi connectivity index (χ0) is 17.8. The van der Waals surface area contributed by atoms with Gasteiger partial charge in [-0.3, -0.25) is 9.89 Å². The number of H-pyrrole nitrogens is 1. The zero-order valence-electron chi connectivity index (χ0n) is 14.4. The van der Waals surface area contributed by atoms with Crippen LogP contribution in [0.25, 0.3) is 11.8 Å². The van der Waals surface area contributed by atoms with Gasteiger partial charge in [-0.05, 0) is 23.8 Å². The number of ether oxygens (including phenoxy) is 2.